The first kappa shape index (κ1) is 9.01. The summed E-state index contributed by atoms with van der Waals surface area (Å²) in [6.45, 7) is 0.629. The molecule has 72 valence electrons. The molecule has 0 bridgehead atoms. The molecule has 1 heterocycles. The van der Waals surface area contributed by atoms with Crippen LogP contribution in [0.4, 0.5) is 0 Å². The van der Waals surface area contributed by atoms with Gasteiger partial charge in [-0.25, -0.2) is 0 Å². The molecule has 0 saturated carbocycles. The number of hydrogen-bond acceptors (Lipinski definition) is 6. The van der Waals surface area contributed by atoms with E-state index in [1.54, 1.807) is 11.8 Å². The summed E-state index contributed by atoms with van der Waals surface area (Å²) in [6.07, 6.45) is -0.293. The van der Waals surface area contributed by atoms with Crippen LogP contribution >= 0.6 is 23.4 Å². The van der Waals surface area contributed by atoms with Gasteiger partial charge in [0.25, 0.3) is 0 Å². The highest BCUT2D eigenvalue weighted by Gasteiger charge is 2.22. The van der Waals surface area contributed by atoms with Crippen molar-refractivity contribution in [3.8, 4) is 0 Å². The van der Waals surface area contributed by atoms with Crippen LogP contribution in [0.2, 0.25) is 1.41 Å². The van der Waals surface area contributed by atoms with Gasteiger partial charge in [-0.15, -0.1) is 11.8 Å². The molecule has 0 aromatic heterocycles. The molecule has 12 heavy (non-hydrogen) atoms. The van der Waals surface area contributed by atoms with Gasteiger partial charge in [0, 0.05) is 12.3 Å². The van der Waals surface area contributed by atoms with Crippen LogP contribution in [0, 0.1) is 0 Å². The number of nitrogens with one attached hydrogen (secondary N) is 3. The minimum absolute atomic E-state index is 0.0233. The molecule has 3 unspecified atom stereocenters. The summed E-state index contributed by atoms with van der Waals surface area (Å²) in [4.78, 5) is 0. The van der Waals surface area contributed by atoms with Crippen LogP contribution < -0.4 is 27.4 Å². The van der Waals surface area contributed by atoms with E-state index in [1.165, 1.54) is 0 Å². The monoisotopic (exact) mass is 212 g/mol. The quantitative estimate of drug-likeness (QED) is 0.288. The second kappa shape index (κ2) is 5.23. The molecule has 5 nitrogen and oxygen atoms in total. The fraction of sp³-hybridized carbons (Fsp3) is 1.00. The van der Waals surface area contributed by atoms with Gasteiger partial charge >= 0.3 is 0 Å². The highest BCUT2D eigenvalue weighted by atomic mass is 35.5. The van der Waals surface area contributed by atoms with Crippen LogP contribution in [-0.4, -0.2) is 29.7 Å². The van der Waals surface area contributed by atoms with Crippen LogP contribution in [0.15, 0.2) is 0 Å². The van der Waals surface area contributed by atoms with E-state index in [0.717, 1.165) is 5.75 Å². The Bertz CT molecular complexity index is 153. The van der Waals surface area contributed by atoms with Crippen molar-refractivity contribution in [3.63, 3.8) is 0 Å². The van der Waals surface area contributed by atoms with Crippen molar-refractivity contribution in [2.24, 2.45) is 11.5 Å². The minimum Gasteiger partial charge on any atom is -0.330 e. The fourth-order valence-electron chi connectivity index (χ4n) is 0.857. The Morgan fingerprint density at radius 2 is 2.33 bits per heavy atom. The lowest BCUT2D eigenvalue weighted by Crippen LogP contribution is -2.67. The lowest BCUT2D eigenvalue weighted by atomic mass is 10.7. The van der Waals surface area contributed by atoms with E-state index < -0.39 is 0 Å². The average molecular weight is 213 g/mol. The zero-order valence-corrected chi connectivity index (χ0v) is 8.08. The second-order valence-corrected chi connectivity index (χ2v) is 3.98. The molecule has 1 rings (SSSR count). The van der Waals surface area contributed by atoms with Gasteiger partial charge in [-0.2, -0.15) is 0 Å². The topological polar surface area (TPSA) is 88.1 Å². The molecule has 1 aliphatic rings. The van der Waals surface area contributed by atoms with E-state index in [1.807, 2.05) is 0 Å². The van der Waals surface area contributed by atoms with Crippen molar-refractivity contribution in [1.82, 2.24) is 16.0 Å². The first-order chi connectivity index (χ1) is 6.26. The molecular formula is C5H14ClN5S. The van der Waals surface area contributed by atoms with Gasteiger partial charge in [-0.1, -0.05) is 11.6 Å². The minimum atomic E-state index is -0.334. The first-order valence-corrected chi connectivity index (χ1v) is 5.16. The molecule has 7 N–H and O–H groups in total. The van der Waals surface area contributed by atoms with Crippen LogP contribution in [-0.2, 0) is 0 Å². The molecule has 0 aromatic carbocycles. The Labute approximate surface area is 82.4 Å². The highest BCUT2D eigenvalue weighted by Crippen LogP contribution is 2.08. The normalized spacial score (nSPS) is 37.8. The number of nitrogens with two attached hydrogens (primary N) is 2. The zero-order chi connectivity index (χ0) is 9.68. The predicted octanol–water partition coefficient (Wildman–Crippen LogP) is -1.49. The van der Waals surface area contributed by atoms with Gasteiger partial charge in [-0.05, 0) is 0 Å². The average Bonchev–Trinajstić information content (AvgIpc) is 2.14. The van der Waals surface area contributed by atoms with Gasteiger partial charge in [-0.3, -0.25) is 16.0 Å². The molecule has 1 saturated heterocycles. The number of hydrogen-bond donors (Lipinski definition) is 5. The number of rotatable bonds is 4. The molecule has 7 heteroatoms. The largest absolute Gasteiger partial charge is 0.330 e. The van der Waals surface area contributed by atoms with Crippen LogP contribution in [0.5, 0.6) is 0 Å². The van der Waals surface area contributed by atoms with Gasteiger partial charge in [0.15, 0.2) is 0 Å². The zero-order valence-electron chi connectivity index (χ0n) is 7.51. The van der Waals surface area contributed by atoms with Crippen molar-refractivity contribution in [2.75, 3.05) is 12.3 Å². The first-order valence-electron chi connectivity index (χ1n) is 4.17. The third kappa shape index (κ3) is 3.44. The summed E-state index contributed by atoms with van der Waals surface area (Å²) < 4.78 is 6.96. The molecule has 0 radical (unpaired) electrons. The summed E-state index contributed by atoms with van der Waals surface area (Å²) in [5.41, 5.74) is 7.36. The Morgan fingerprint density at radius 3 is 3.00 bits per heavy atom. The Hall–Kier alpha value is 0.440. The number of halogens is 1. The van der Waals surface area contributed by atoms with Crippen LogP contribution in [0.1, 0.15) is 0 Å². The molecule has 0 amide bonds. The van der Waals surface area contributed by atoms with Crippen LogP contribution in [0.25, 0.3) is 0 Å². The summed E-state index contributed by atoms with van der Waals surface area (Å²) in [5, 5.41) is 8.99. The summed E-state index contributed by atoms with van der Waals surface area (Å²) >= 11 is 7.46. The molecular weight excluding hydrogens is 198 g/mol. The maximum Gasteiger partial charge on any atom is 0.139 e. The Morgan fingerprint density at radius 1 is 1.50 bits per heavy atom. The van der Waals surface area contributed by atoms with E-state index in [2.05, 4.69) is 21.7 Å². The molecule has 0 aromatic rings. The SMILES string of the molecule is [2H]NC1NC(Cl)NC(SCCN)N1. The molecule has 1 aliphatic heterocycles. The molecule has 1 fully saturated rings. The van der Waals surface area contributed by atoms with E-state index in [4.69, 9.17) is 18.7 Å². The molecule has 3 atom stereocenters. The van der Waals surface area contributed by atoms with E-state index in [9.17, 15) is 0 Å². The smallest absolute Gasteiger partial charge is 0.139 e. The Kier molecular flexibility index (Phi) is 3.93. The lowest BCUT2D eigenvalue weighted by Gasteiger charge is -2.33. The third-order valence-electron chi connectivity index (χ3n) is 1.33. The maximum atomic E-state index is 6.96. The highest BCUT2D eigenvalue weighted by molar-refractivity contribution is 7.99. The summed E-state index contributed by atoms with van der Waals surface area (Å²) in [7, 11) is 0. The molecule has 0 aliphatic carbocycles. The van der Waals surface area contributed by atoms with Crippen LogP contribution in [0.3, 0.4) is 0 Å². The molecule has 0 spiro atoms. The third-order valence-corrected chi connectivity index (χ3v) is 2.66. The lowest BCUT2D eigenvalue weighted by molar-refractivity contribution is 0.301. The second-order valence-electron chi connectivity index (χ2n) is 2.34. The van der Waals surface area contributed by atoms with Gasteiger partial charge in [0.05, 0.1) is 0 Å². The van der Waals surface area contributed by atoms with Crippen molar-refractivity contribution in [2.45, 2.75) is 17.4 Å². The fourth-order valence-corrected chi connectivity index (χ4v) is 2.02. The Balaban J connectivity index is 2.29. The summed E-state index contributed by atoms with van der Waals surface area (Å²) in [5.74, 6) is 0.846. The van der Waals surface area contributed by atoms with E-state index in [-0.39, 0.29) is 17.4 Å². The van der Waals surface area contributed by atoms with Gasteiger partial charge in [0.1, 0.15) is 18.8 Å². The summed E-state index contributed by atoms with van der Waals surface area (Å²) in [6, 6.07) is 0. The van der Waals surface area contributed by atoms with Crippen molar-refractivity contribution in [3.05, 3.63) is 0 Å². The maximum absolute atomic E-state index is 6.96. The number of thioether (sulfide) groups is 1. The number of alkyl halides is 1. The van der Waals surface area contributed by atoms with Gasteiger partial charge in [0.2, 0.25) is 0 Å². The van der Waals surface area contributed by atoms with Crippen molar-refractivity contribution >= 4 is 23.4 Å². The standard InChI is InChI=1S/C5H14ClN5S/c6-3-9-4(8)11-5(10-3)12-2-1-7/h3-5,9-11H,1-2,7-8H2/i/hD. The van der Waals surface area contributed by atoms with E-state index in [0.29, 0.717) is 6.54 Å². The van der Waals surface area contributed by atoms with E-state index >= 15 is 0 Å². The predicted molar refractivity (Wildman–Crippen MR) is 52.3 cm³/mol. The van der Waals surface area contributed by atoms with Gasteiger partial charge < -0.3 is 11.5 Å². The van der Waals surface area contributed by atoms with Crippen molar-refractivity contribution in [1.29, 1.82) is 0 Å². The van der Waals surface area contributed by atoms with Crippen molar-refractivity contribution < 1.29 is 1.41 Å².